The highest BCUT2D eigenvalue weighted by atomic mass is 14.9. The first-order valence-electron chi connectivity index (χ1n) is 11.1. The van der Waals surface area contributed by atoms with Gasteiger partial charge in [-0.3, -0.25) is 0 Å². The SMILES string of the molecule is Cc1c(-c2cc(C)c3ccc(C(C)C)cc3[n+]2C)cc(C(C)(C)C)c2ccccc12. The lowest BCUT2D eigenvalue weighted by Gasteiger charge is -2.24. The van der Waals surface area contributed by atoms with Crippen molar-refractivity contribution < 1.29 is 4.57 Å². The number of hydrogen-bond acceptors (Lipinski definition) is 0. The summed E-state index contributed by atoms with van der Waals surface area (Å²) in [4.78, 5) is 0. The number of pyridine rings is 1. The molecule has 4 aromatic rings. The number of benzene rings is 3. The van der Waals surface area contributed by atoms with Crippen molar-refractivity contribution in [3.8, 4) is 11.3 Å². The molecule has 3 aromatic carbocycles. The van der Waals surface area contributed by atoms with Gasteiger partial charge in [0.05, 0.1) is 0 Å². The first kappa shape index (κ1) is 20.6. The molecule has 0 saturated heterocycles. The minimum absolute atomic E-state index is 0.0807. The van der Waals surface area contributed by atoms with Crippen LogP contribution in [0.1, 0.15) is 62.8 Å². The fourth-order valence-corrected chi connectivity index (χ4v) is 4.69. The molecule has 1 aromatic heterocycles. The zero-order valence-electron chi connectivity index (χ0n) is 19.7. The molecule has 1 heterocycles. The van der Waals surface area contributed by atoms with Crippen molar-refractivity contribution in [1.29, 1.82) is 0 Å². The van der Waals surface area contributed by atoms with Crippen molar-refractivity contribution in [2.24, 2.45) is 7.05 Å². The highest BCUT2D eigenvalue weighted by Gasteiger charge is 2.24. The van der Waals surface area contributed by atoms with Gasteiger partial charge in [0, 0.05) is 23.1 Å². The molecule has 0 spiro atoms. The molecule has 0 unspecified atom stereocenters. The third-order valence-electron chi connectivity index (χ3n) is 6.59. The summed E-state index contributed by atoms with van der Waals surface area (Å²) < 4.78 is 2.39. The van der Waals surface area contributed by atoms with Crippen LogP contribution in [0.25, 0.3) is 32.9 Å². The van der Waals surface area contributed by atoms with E-state index in [2.05, 4.69) is 115 Å². The number of aromatic nitrogens is 1. The number of nitrogens with zero attached hydrogens (tertiary/aromatic N) is 1. The summed E-state index contributed by atoms with van der Waals surface area (Å²) in [6.45, 7) is 16.0. The van der Waals surface area contributed by atoms with Gasteiger partial charge in [-0.25, -0.2) is 0 Å². The third-order valence-corrected chi connectivity index (χ3v) is 6.59. The summed E-state index contributed by atoms with van der Waals surface area (Å²) in [6.07, 6.45) is 0. The van der Waals surface area contributed by atoms with E-state index in [0.29, 0.717) is 5.92 Å². The maximum atomic E-state index is 2.44. The van der Waals surface area contributed by atoms with Gasteiger partial charge in [-0.05, 0) is 70.3 Å². The first-order valence-corrected chi connectivity index (χ1v) is 11.1. The predicted molar refractivity (Wildman–Crippen MR) is 130 cm³/mol. The van der Waals surface area contributed by atoms with Crippen molar-refractivity contribution in [2.45, 2.75) is 59.8 Å². The molecule has 0 fully saturated rings. The summed E-state index contributed by atoms with van der Waals surface area (Å²) in [7, 11) is 2.21. The second kappa shape index (κ2) is 7.23. The molecule has 0 radical (unpaired) electrons. The van der Waals surface area contributed by atoms with Gasteiger partial charge in [-0.2, -0.15) is 4.57 Å². The highest BCUT2D eigenvalue weighted by molar-refractivity contribution is 5.94. The number of fused-ring (bicyclic) bond motifs is 2. The molecule has 0 amide bonds. The Morgan fingerprint density at radius 3 is 2.10 bits per heavy atom. The minimum Gasteiger partial charge on any atom is -0.194 e. The molecule has 0 atom stereocenters. The van der Waals surface area contributed by atoms with E-state index in [1.54, 1.807) is 0 Å². The summed E-state index contributed by atoms with van der Waals surface area (Å²) >= 11 is 0. The summed E-state index contributed by atoms with van der Waals surface area (Å²) in [5.41, 5.74) is 9.49. The molecular weight excluding hydrogens is 362 g/mol. The fourth-order valence-electron chi connectivity index (χ4n) is 4.69. The Balaban J connectivity index is 2.10. The second-order valence-corrected chi connectivity index (χ2v) is 10.1. The largest absolute Gasteiger partial charge is 0.213 e. The van der Waals surface area contributed by atoms with Crippen molar-refractivity contribution in [1.82, 2.24) is 0 Å². The van der Waals surface area contributed by atoms with E-state index in [1.807, 2.05) is 0 Å². The number of aryl methyl sites for hydroxylation is 3. The summed E-state index contributed by atoms with van der Waals surface area (Å²) in [6, 6.07) is 20.6. The van der Waals surface area contributed by atoms with E-state index in [0.717, 1.165) is 0 Å². The maximum Gasteiger partial charge on any atom is 0.213 e. The van der Waals surface area contributed by atoms with Crippen molar-refractivity contribution in [3.63, 3.8) is 0 Å². The van der Waals surface area contributed by atoms with Crippen LogP contribution in [-0.2, 0) is 12.5 Å². The number of hydrogen-bond donors (Lipinski definition) is 0. The molecule has 1 nitrogen and oxygen atoms in total. The van der Waals surface area contributed by atoms with Crippen LogP contribution in [0.4, 0.5) is 0 Å². The zero-order valence-corrected chi connectivity index (χ0v) is 19.7. The van der Waals surface area contributed by atoms with E-state index >= 15 is 0 Å². The van der Waals surface area contributed by atoms with Gasteiger partial charge in [0.25, 0.3) is 0 Å². The molecule has 4 rings (SSSR count). The molecule has 0 aliphatic carbocycles. The minimum atomic E-state index is 0.0807. The molecule has 30 heavy (non-hydrogen) atoms. The number of rotatable bonds is 2. The summed E-state index contributed by atoms with van der Waals surface area (Å²) in [5.74, 6) is 0.522. The molecule has 1 heteroatoms. The van der Waals surface area contributed by atoms with Gasteiger partial charge in [-0.15, -0.1) is 0 Å². The lowest BCUT2D eigenvalue weighted by atomic mass is 9.80. The normalized spacial score (nSPS) is 12.3. The Morgan fingerprint density at radius 1 is 0.800 bits per heavy atom. The van der Waals surface area contributed by atoms with E-state index < -0.39 is 0 Å². The van der Waals surface area contributed by atoms with Crippen LogP contribution in [0.5, 0.6) is 0 Å². The van der Waals surface area contributed by atoms with Crippen LogP contribution in [-0.4, -0.2) is 0 Å². The Morgan fingerprint density at radius 2 is 1.47 bits per heavy atom. The van der Waals surface area contributed by atoms with Gasteiger partial charge in [0.2, 0.25) is 11.2 Å². The maximum absolute atomic E-state index is 2.44. The Bertz CT molecular complexity index is 1270. The van der Waals surface area contributed by atoms with Crippen LogP contribution in [0, 0.1) is 13.8 Å². The predicted octanol–water partition coefficient (Wildman–Crippen LogP) is 7.52. The van der Waals surface area contributed by atoms with Crippen LogP contribution in [0.15, 0.2) is 54.6 Å². The highest BCUT2D eigenvalue weighted by Crippen LogP contribution is 2.37. The molecule has 154 valence electrons. The molecule has 0 saturated carbocycles. The van der Waals surface area contributed by atoms with Gasteiger partial charge in [0.1, 0.15) is 7.05 Å². The first-order chi connectivity index (χ1) is 14.1. The van der Waals surface area contributed by atoms with Gasteiger partial charge in [-0.1, -0.05) is 65.0 Å². The average Bonchev–Trinajstić information content (AvgIpc) is 2.70. The smallest absolute Gasteiger partial charge is 0.194 e. The molecule has 0 aliphatic rings. The second-order valence-electron chi connectivity index (χ2n) is 10.1. The lowest BCUT2D eigenvalue weighted by molar-refractivity contribution is -0.633. The van der Waals surface area contributed by atoms with Gasteiger partial charge >= 0.3 is 0 Å². The Kier molecular flexibility index (Phi) is 4.97. The van der Waals surface area contributed by atoms with Crippen LogP contribution in [0.2, 0.25) is 0 Å². The average molecular weight is 397 g/mol. The molecular formula is C29H34N+. The monoisotopic (exact) mass is 396 g/mol. The van der Waals surface area contributed by atoms with Crippen LogP contribution >= 0.6 is 0 Å². The van der Waals surface area contributed by atoms with Crippen LogP contribution < -0.4 is 4.57 Å². The van der Waals surface area contributed by atoms with Crippen molar-refractivity contribution >= 4 is 21.7 Å². The van der Waals surface area contributed by atoms with E-state index in [4.69, 9.17) is 0 Å². The fraction of sp³-hybridized carbons (Fsp3) is 0.345. The van der Waals surface area contributed by atoms with E-state index in [9.17, 15) is 0 Å². The van der Waals surface area contributed by atoms with Gasteiger partial charge < -0.3 is 0 Å². The van der Waals surface area contributed by atoms with Crippen molar-refractivity contribution in [3.05, 3.63) is 76.9 Å². The van der Waals surface area contributed by atoms with Crippen molar-refractivity contribution in [2.75, 3.05) is 0 Å². The lowest BCUT2D eigenvalue weighted by Crippen LogP contribution is -2.33. The third kappa shape index (κ3) is 3.31. The van der Waals surface area contributed by atoms with E-state index in [-0.39, 0.29) is 5.41 Å². The molecule has 0 N–H and O–H groups in total. The molecule has 0 aliphatic heterocycles. The quantitative estimate of drug-likeness (QED) is 0.308. The molecule has 0 bridgehead atoms. The van der Waals surface area contributed by atoms with Crippen LogP contribution in [0.3, 0.4) is 0 Å². The Labute approximate surface area is 181 Å². The van der Waals surface area contributed by atoms with E-state index in [1.165, 1.54) is 55.2 Å². The Hall–Kier alpha value is -2.67. The standard InChI is InChI=1S/C29H34N/c1-18(2)21-13-14-22-19(3)15-27(30(8)28(22)16-21)25-17-26(29(5,6)7)24-12-10-9-11-23(24)20(25)4/h9-18H,1-8H3/q+1. The van der Waals surface area contributed by atoms with Gasteiger partial charge in [0.15, 0.2) is 0 Å². The topological polar surface area (TPSA) is 3.88 Å². The zero-order chi connectivity index (χ0) is 21.8. The summed E-state index contributed by atoms with van der Waals surface area (Å²) in [5, 5.41) is 4.06.